The second kappa shape index (κ2) is 6.76. The summed E-state index contributed by atoms with van der Waals surface area (Å²) >= 11 is 1.45. The third-order valence-electron chi connectivity index (χ3n) is 3.21. The van der Waals surface area contributed by atoms with Gasteiger partial charge >= 0.3 is 0 Å². The lowest BCUT2D eigenvalue weighted by molar-refractivity contribution is -0.123. The van der Waals surface area contributed by atoms with E-state index in [0.29, 0.717) is 16.6 Å². The van der Waals surface area contributed by atoms with Gasteiger partial charge in [0.05, 0.1) is 17.7 Å². The fourth-order valence-electron chi connectivity index (χ4n) is 2.11. The van der Waals surface area contributed by atoms with E-state index in [1.807, 2.05) is 5.38 Å². The van der Waals surface area contributed by atoms with Gasteiger partial charge in [0.25, 0.3) is 0 Å². The summed E-state index contributed by atoms with van der Waals surface area (Å²) in [5, 5.41) is 13.7. The molecule has 3 rings (SSSR count). The Labute approximate surface area is 134 Å². The first kappa shape index (κ1) is 15.4. The van der Waals surface area contributed by atoms with Gasteiger partial charge in [-0.3, -0.25) is 4.79 Å². The van der Waals surface area contributed by atoms with Crippen LogP contribution in [0.2, 0.25) is 0 Å². The zero-order chi connectivity index (χ0) is 16.2. The van der Waals surface area contributed by atoms with Gasteiger partial charge in [-0.25, -0.2) is 9.37 Å². The molecule has 0 unspecified atom stereocenters. The molecule has 0 saturated carbocycles. The number of H-pyrrole nitrogens is 1. The van der Waals surface area contributed by atoms with Gasteiger partial charge in [-0.1, -0.05) is 0 Å². The summed E-state index contributed by atoms with van der Waals surface area (Å²) in [5.41, 5.74) is 3.84. The van der Waals surface area contributed by atoms with Crippen molar-refractivity contribution < 1.29 is 19.0 Å². The van der Waals surface area contributed by atoms with Crippen LogP contribution in [0.25, 0.3) is 10.9 Å². The van der Waals surface area contributed by atoms with Crippen molar-refractivity contribution in [1.29, 1.82) is 0 Å². The summed E-state index contributed by atoms with van der Waals surface area (Å²) in [6.45, 7) is -0.139. The maximum Gasteiger partial charge on any atom is 0.246 e. The summed E-state index contributed by atoms with van der Waals surface area (Å²) in [6, 6.07) is 4.69. The largest absolute Gasteiger partial charge is 0.484 e. The summed E-state index contributed by atoms with van der Waals surface area (Å²) in [4.78, 5) is 18.2. The molecular weight excluding hydrogens is 321 g/mol. The number of thiazole rings is 1. The van der Waals surface area contributed by atoms with Crippen LogP contribution in [0, 0.1) is 5.82 Å². The molecule has 3 aromatic rings. The van der Waals surface area contributed by atoms with Gasteiger partial charge in [0.15, 0.2) is 11.6 Å². The molecule has 0 fully saturated rings. The van der Waals surface area contributed by atoms with E-state index in [4.69, 9.17) is 9.84 Å². The first-order valence-corrected chi connectivity index (χ1v) is 7.78. The van der Waals surface area contributed by atoms with Crippen molar-refractivity contribution in [3.63, 3.8) is 0 Å². The van der Waals surface area contributed by atoms with Gasteiger partial charge in [0.2, 0.25) is 5.91 Å². The molecule has 0 aliphatic carbocycles. The molecular formula is C15H14FN3O3S. The standard InChI is InChI=1S/C15H14FN3O3S/c16-12-2-9-1-10(4-17-15(21)5-20)19-13(9)3-14(12)22-6-11-7-23-8-18-11/h1-3,7-8,19-20H,4-6H2,(H,17,21). The maximum atomic E-state index is 14.1. The minimum absolute atomic E-state index is 0.137. The molecule has 120 valence electrons. The number of nitrogens with zero attached hydrogens (tertiary/aromatic N) is 1. The normalized spacial score (nSPS) is 10.9. The summed E-state index contributed by atoms with van der Waals surface area (Å²) in [5.74, 6) is -0.793. The van der Waals surface area contributed by atoms with Crippen molar-refractivity contribution in [3.05, 3.63) is 46.3 Å². The number of amides is 1. The van der Waals surface area contributed by atoms with Crippen molar-refractivity contribution in [3.8, 4) is 5.75 Å². The summed E-state index contributed by atoms with van der Waals surface area (Å²) in [7, 11) is 0. The van der Waals surface area contributed by atoms with Gasteiger partial charge in [0, 0.05) is 28.0 Å². The molecule has 1 aromatic carbocycles. The third-order valence-corrected chi connectivity index (χ3v) is 3.84. The Balaban J connectivity index is 1.75. The monoisotopic (exact) mass is 335 g/mol. The van der Waals surface area contributed by atoms with Crippen LogP contribution in [0.4, 0.5) is 4.39 Å². The van der Waals surface area contributed by atoms with Gasteiger partial charge < -0.3 is 20.1 Å². The van der Waals surface area contributed by atoms with E-state index in [1.54, 1.807) is 17.6 Å². The highest BCUT2D eigenvalue weighted by molar-refractivity contribution is 7.07. The number of ether oxygens (including phenoxy) is 1. The van der Waals surface area contributed by atoms with E-state index < -0.39 is 18.3 Å². The van der Waals surface area contributed by atoms with E-state index in [1.165, 1.54) is 17.4 Å². The quantitative estimate of drug-likeness (QED) is 0.642. The minimum atomic E-state index is -0.566. The highest BCUT2D eigenvalue weighted by atomic mass is 32.1. The van der Waals surface area contributed by atoms with Gasteiger partial charge in [-0.05, 0) is 12.1 Å². The number of aromatic amines is 1. The molecule has 23 heavy (non-hydrogen) atoms. The number of benzene rings is 1. The number of carbonyl (C=O) groups is 1. The van der Waals surface area contributed by atoms with E-state index in [-0.39, 0.29) is 18.9 Å². The van der Waals surface area contributed by atoms with Crippen LogP contribution in [0.5, 0.6) is 5.75 Å². The Kier molecular flexibility index (Phi) is 4.54. The van der Waals surface area contributed by atoms with Crippen LogP contribution in [0.15, 0.2) is 29.1 Å². The Morgan fingerprint density at radius 3 is 3.04 bits per heavy atom. The van der Waals surface area contributed by atoms with Crippen LogP contribution in [-0.4, -0.2) is 27.6 Å². The molecule has 0 bridgehead atoms. The zero-order valence-corrected chi connectivity index (χ0v) is 12.8. The van der Waals surface area contributed by atoms with Crippen LogP contribution in [0.1, 0.15) is 11.4 Å². The van der Waals surface area contributed by atoms with Crippen LogP contribution >= 0.6 is 11.3 Å². The van der Waals surface area contributed by atoms with Gasteiger partial charge in [0.1, 0.15) is 13.2 Å². The topological polar surface area (TPSA) is 87.2 Å². The number of aliphatic hydroxyl groups excluding tert-OH is 1. The first-order valence-electron chi connectivity index (χ1n) is 6.84. The molecule has 0 spiro atoms. The van der Waals surface area contributed by atoms with E-state index in [9.17, 15) is 9.18 Å². The van der Waals surface area contributed by atoms with E-state index >= 15 is 0 Å². The molecule has 0 aliphatic rings. The first-order chi connectivity index (χ1) is 11.2. The summed E-state index contributed by atoms with van der Waals surface area (Å²) < 4.78 is 19.5. The minimum Gasteiger partial charge on any atom is -0.484 e. The van der Waals surface area contributed by atoms with E-state index in [0.717, 1.165) is 5.69 Å². The van der Waals surface area contributed by atoms with E-state index in [2.05, 4.69) is 15.3 Å². The SMILES string of the molecule is O=C(CO)NCc1cc2cc(F)c(OCc3cscn3)cc2[nH]1. The van der Waals surface area contributed by atoms with Crippen molar-refractivity contribution in [2.75, 3.05) is 6.61 Å². The third kappa shape index (κ3) is 3.66. The summed E-state index contributed by atoms with van der Waals surface area (Å²) in [6.07, 6.45) is 0. The molecule has 0 atom stereocenters. The molecule has 2 heterocycles. The second-order valence-corrected chi connectivity index (χ2v) is 5.59. The fraction of sp³-hybridized carbons (Fsp3) is 0.200. The number of halogens is 1. The lowest BCUT2D eigenvalue weighted by Crippen LogP contribution is -2.25. The number of hydrogen-bond donors (Lipinski definition) is 3. The molecule has 1 amide bonds. The number of hydrogen-bond acceptors (Lipinski definition) is 5. The lowest BCUT2D eigenvalue weighted by atomic mass is 10.2. The molecule has 8 heteroatoms. The Morgan fingerprint density at radius 1 is 1.43 bits per heavy atom. The molecule has 0 aliphatic heterocycles. The van der Waals surface area contributed by atoms with Crippen molar-refractivity contribution in [1.82, 2.24) is 15.3 Å². The predicted octanol–water partition coefficient (Wildman–Crippen LogP) is 1.95. The molecule has 6 nitrogen and oxygen atoms in total. The lowest BCUT2D eigenvalue weighted by Gasteiger charge is -2.05. The number of nitrogens with one attached hydrogen (secondary N) is 2. The van der Waals surface area contributed by atoms with Crippen LogP contribution in [0.3, 0.4) is 0 Å². The highest BCUT2D eigenvalue weighted by Crippen LogP contribution is 2.26. The highest BCUT2D eigenvalue weighted by Gasteiger charge is 2.10. The number of aromatic nitrogens is 2. The zero-order valence-electron chi connectivity index (χ0n) is 12.0. The van der Waals surface area contributed by atoms with Crippen molar-refractivity contribution >= 4 is 28.1 Å². The van der Waals surface area contributed by atoms with Gasteiger partial charge in [-0.15, -0.1) is 11.3 Å². The average Bonchev–Trinajstić information content (AvgIpc) is 3.19. The predicted molar refractivity (Wildman–Crippen MR) is 83.6 cm³/mol. The Morgan fingerprint density at radius 2 is 2.30 bits per heavy atom. The fourth-order valence-corrected chi connectivity index (χ4v) is 2.65. The van der Waals surface area contributed by atoms with Gasteiger partial charge in [-0.2, -0.15) is 0 Å². The van der Waals surface area contributed by atoms with Crippen LogP contribution in [-0.2, 0) is 17.9 Å². The second-order valence-electron chi connectivity index (χ2n) is 4.87. The molecule has 0 radical (unpaired) electrons. The molecule has 3 N–H and O–H groups in total. The number of carbonyl (C=O) groups excluding carboxylic acids is 1. The Hall–Kier alpha value is -2.45. The number of rotatable bonds is 6. The van der Waals surface area contributed by atoms with Crippen molar-refractivity contribution in [2.24, 2.45) is 0 Å². The smallest absolute Gasteiger partial charge is 0.246 e. The van der Waals surface area contributed by atoms with Crippen LogP contribution < -0.4 is 10.1 Å². The number of aliphatic hydroxyl groups is 1. The molecule has 2 aromatic heterocycles. The van der Waals surface area contributed by atoms with Crippen molar-refractivity contribution in [2.45, 2.75) is 13.2 Å². The Bertz CT molecular complexity index is 817. The molecule has 0 saturated heterocycles. The maximum absolute atomic E-state index is 14.1. The average molecular weight is 335 g/mol. The number of fused-ring (bicyclic) bond motifs is 1.